The molecule has 5 nitrogen and oxygen atoms in total. The maximum Gasteiger partial charge on any atom is 0.326 e. The fraction of sp³-hybridized carbons (Fsp3) is 0.818. The molecule has 0 aliphatic rings. The highest BCUT2D eigenvalue weighted by Crippen LogP contribution is 2.19. The summed E-state index contributed by atoms with van der Waals surface area (Å²) in [5, 5.41) is 11.5. The molecule has 0 rings (SSSR count). The van der Waals surface area contributed by atoms with E-state index in [-0.39, 0.29) is 5.92 Å². The molecule has 0 fully saturated rings. The van der Waals surface area contributed by atoms with E-state index in [4.69, 9.17) is 10.8 Å². The molecule has 94 valence electrons. The maximum atomic E-state index is 11.6. The van der Waals surface area contributed by atoms with Crippen molar-refractivity contribution in [1.82, 2.24) is 5.32 Å². The van der Waals surface area contributed by atoms with Crippen molar-refractivity contribution in [2.45, 2.75) is 46.7 Å². The third-order valence-electron chi connectivity index (χ3n) is 2.42. The van der Waals surface area contributed by atoms with E-state index in [9.17, 15) is 9.59 Å². The number of rotatable bonds is 4. The number of carboxylic acid groups (broad SMARTS) is 1. The van der Waals surface area contributed by atoms with Crippen LogP contribution in [0.1, 0.15) is 34.6 Å². The SMILES string of the molecule is CC(C)C(N)C(=O)N[C@H](C(=O)O)C(C)(C)C. The molecule has 0 aliphatic carbocycles. The van der Waals surface area contributed by atoms with Crippen LogP contribution in [0.4, 0.5) is 0 Å². The van der Waals surface area contributed by atoms with Crippen LogP contribution < -0.4 is 11.1 Å². The molecule has 0 aromatic heterocycles. The molecule has 2 atom stereocenters. The zero-order chi connectivity index (χ0) is 13.1. The van der Waals surface area contributed by atoms with Crippen LogP contribution in [0.3, 0.4) is 0 Å². The van der Waals surface area contributed by atoms with E-state index >= 15 is 0 Å². The molecule has 1 unspecified atom stereocenters. The number of carboxylic acids is 1. The van der Waals surface area contributed by atoms with Gasteiger partial charge in [0.2, 0.25) is 5.91 Å². The van der Waals surface area contributed by atoms with Crippen LogP contribution in [0.2, 0.25) is 0 Å². The molecule has 0 bridgehead atoms. The second-order valence-corrected chi connectivity index (χ2v) is 5.42. The molecule has 0 saturated heterocycles. The first-order chi connectivity index (χ1) is 7.07. The Hall–Kier alpha value is -1.10. The summed E-state index contributed by atoms with van der Waals surface area (Å²) >= 11 is 0. The minimum absolute atomic E-state index is 0.0191. The smallest absolute Gasteiger partial charge is 0.326 e. The normalized spacial score (nSPS) is 15.7. The second-order valence-electron chi connectivity index (χ2n) is 5.42. The third-order valence-corrected chi connectivity index (χ3v) is 2.42. The summed E-state index contributed by atoms with van der Waals surface area (Å²) in [6.45, 7) is 8.90. The van der Waals surface area contributed by atoms with Crippen molar-refractivity contribution in [3.05, 3.63) is 0 Å². The van der Waals surface area contributed by atoms with Gasteiger partial charge in [-0.15, -0.1) is 0 Å². The summed E-state index contributed by atoms with van der Waals surface area (Å²) < 4.78 is 0. The summed E-state index contributed by atoms with van der Waals surface area (Å²) in [5.74, 6) is -1.48. The lowest BCUT2D eigenvalue weighted by Gasteiger charge is -2.29. The molecular weight excluding hydrogens is 208 g/mol. The van der Waals surface area contributed by atoms with Crippen LogP contribution in [0.15, 0.2) is 0 Å². The number of nitrogens with one attached hydrogen (secondary N) is 1. The lowest BCUT2D eigenvalue weighted by Crippen LogP contribution is -2.54. The Morgan fingerprint density at radius 1 is 1.25 bits per heavy atom. The van der Waals surface area contributed by atoms with E-state index in [1.165, 1.54) is 0 Å². The average Bonchev–Trinajstić information content (AvgIpc) is 2.09. The van der Waals surface area contributed by atoms with Crippen molar-refractivity contribution in [1.29, 1.82) is 0 Å². The van der Waals surface area contributed by atoms with E-state index in [1.807, 2.05) is 13.8 Å². The van der Waals surface area contributed by atoms with Gasteiger partial charge in [-0.1, -0.05) is 34.6 Å². The Balaban J connectivity index is 4.67. The summed E-state index contributed by atoms with van der Waals surface area (Å²) in [6, 6.07) is -1.60. The number of carbonyl (C=O) groups is 2. The van der Waals surface area contributed by atoms with E-state index in [1.54, 1.807) is 20.8 Å². The average molecular weight is 230 g/mol. The van der Waals surface area contributed by atoms with Crippen LogP contribution >= 0.6 is 0 Å². The molecule has 0 saturated carbocycles. The number of hydrogen-bond acceptors (Lipinski definition) is 3. The highest BCUT2D eigenvalue weighted by atomic mass is 16.4. The van der Waals surface area contributed by atoms with Crippen LogP contribution in [-0.2, 0) is 9.59 Å². The van der Waals surface area contributed by atoms with Crippen molar-refractivity contribution in [2.75, 3.05) is 0 Å². The molecule has 0 aromatic rings. The molecule has 0 radical (unpaired) electrons. The van der Waals surface area contributed by atoms with Crippen molar-refractivity contribution in [3.63, 3.8) is 0 Å². The van der Waals surface area contributed by atoms with Crippen molar-refractivity contribution in [3.8, 4) is 0 Å². The van der Waals surface area contributed by atoms with Gasteiger partial charge >= 0.3 is 5.97 Å². The summed E-state index contributed by atoms with van der Waals surface area (Å²) in [5.41, 5.74) is 5.10. The van der Waals surface area contributed by atoms with E-state index in [2.05, 4.69) is 5.32 Å². The molecule has 1 amide bonds. The fourth-order valence-electron chi connectivity index (χ4n) is 1.19. The molecule has 5 heteroatoms. The Morgan fingerprint density at radius 2 is 1.69 bits per heavy atom. The first-order valence-corrected chi connectivity index (χ1v) is 5.36. The number of carbonyl (C=O) groups excluding carboxylic acids is 1. The van der Waals surface area contributed by atoms with E-state index in [0.717, 1.165) is 0 Å². The molecular formula is C11H22N2O3. The Kier molecular flexibility index (Phi) is 4.93. The predicted molar refractivity (Wildman–Crippen MR) is 61.8 cm³/mol. The molecule has 0 aliphatic heterocycles. The Morgan fingerprint density at radius 3 is 1.94 bits per heavy atom. The largest absolute Gasteiger partial charge is 0.480 e. The highest BCUT2D eigenvalue weighted by Gasteiger charge is 2.34. The van der Waals surface area contributed by atoms with E-state index < -0.39 is 29.4 Å². The summed E-state index contributed by atoms with van der Waals surface area (Å²) in [6.07, 6.45) is 0. The molecule has 0 aromatic carbocycles. The lowest BCUT2D eigenvalue weighted by molar-refractivity contribution is -0.145. The topological polar surface area (TPSA) is 92.4 Å². The van der Waals surface area contributed by atoms with Gasteiger partial charge in [0.25, 0.3) is 0 Å². The number of nitrogens with two attached hydrogens (primary N) is 1. The van der Waals surface area contributed by atoms with Crippen LogP contribution in [0, 0.1) is 11.3 Å². The first kappa shape index (κ1) is 14.9. The van der Waals surface area contributed by atoms with Gasteiger partial charge in [-0.05, 0) is 11.3 Å². The molecule has 4 N–H and O–H groups in total. The minimum Gasteiger partial charge on any atom is -0.480 e. The van der Waals surface area contributed by atoms with Gasteiger partial charge in [-0.2, -0.15) is 0 Å². The monoisotopic (exact) mass is 230 g/mol. The third kappa shape index (κ3) is 4.18. The van der Waals surface area contributed by atoms with Gasteiger partial charge in [0, 0.05) is 0 Å². The number of aliphatic carboxylic acids is 1. The summed E-state index contributed by atoms with van der Waals surface area (Å²) in [4.78, 5) is 22.7. The van der Waals surface area contributed by atoms with Gasteiger partial charge in [-0.25, -0.2) is 4.79 Å². The van der Waals surface area contributed by atoms with Gasteiger partial charge < -0.3 is 16.2 Å². The lowest BCUT2D eigenvalue weighted by atomic mass is 9.86. The standard InChI is InChI=1S/C11H22N2O3/c1-6(2)7(12)9(14)13-8(10(15)16)11(3,4)5/h6-8H,12H2,1-5H3,(H,13,14)(H,15,16)/t7?,8-/m1/s1. The number of hydrogen-bond donors (Lipinski definition) is 3. The van der Waals surface area contributed by atoms with Crippen molar-refractivity contribution < 1.29 is 14.7 Å². The van der Waals surface area contributed by atoms with Gasteiger partial charge in [0.05, 0.1) is 6.04 Å². The van der Waals surface area contributed by atoms with Crippen molar-refractivity contribution in [2.24, 2.45) is 17.1 Å². The minimum atomic E-state index is -1.04. The van der Waals surface area contributed by atoms with Crippen LogP contribution in [0.25, 0.3) is 0 Å². The second kappa shape index (κ2) is 5.30. The molecule has 0 heterocycles. The molecule has 0 spiro atoms. The summed E-state index contributed by atoms with van der Waals surface area (Å²) in [7, 11) is 0. The molecule has 16 heavy (non-hydrogen) atoms. The zero-order valence-corrected chi connectivity index (χ0v) is 10.6. The highest BCUT2D eigenvalue weighted by molar-refractivity contribution is 5.87. The van der Waals surface area contributed by atoms with Crippen molar-refractivity contribution >= 4 is 11.9 Å². The quantitative estimate of drug-likeness (QED) is 0.659. The van der Waals surface area contributed by atoms with Gasteiger partial charge in [0.15, 0.2) is 0 Å². The van der Waals surface area contributed by atoms with Crippen LogP contribution in [0.5, 0.6) is 0 Å². The Bertz CT molecular complexity index is 269. The van der Waals surface area contributed by atoms with E-state index in [0.29, 0.717) is 0 Å². The zero-order valence-electron chi connectivity index (χ0n) is 10.6. The fourth-order valence-corrected chi connectivity index (χ4v) is 1.19. The Labute approximate surface area is 96.4 Å². The van der Waals surface area contributed by atoms with Crippen LogP contribution in [-0.4, -0.2) is 29.1 Å². The first-order valence-electron chi connectivity index (χ1n) is 5.36. The predicted octanol–water partition coefficient (Wildman–Crippen LogP) is 0.585. The number of amides is 1. The maximum absolute atomic E-state index is 11.6. The van der Waals surface area contributed by atoms with Gasteiger partial charge in [0.1, 0.15) is 6.04 Å². The van der Waals surface area contributed by atoms with Gasteiger partial charge in [-0.3, -0.25) is 4.79 Å².